The number of hydrogen-bond acceptors (Lipinski definition) is 2. The third-order valence-electron chi connectivity index (χ3n) is 1.93. The van der Waals surface area contributed by atoms with E-state index in [4.69, 9.17) is 0 Å². The van der Waals surface area contributed by atoms with Crippen LogP contribution in [0.4, 0.5) is 0 Å². The van der Waals surface area contributed by atoms with Crippen LogP contribution < -0.4 is 0 Å². The first-order valence-electron chi connectivity index (χ1n) is 4.05. The topological polar surface area (TPSA) is 30.7 Å². The van der Waals surface area contributed by atoms with Crippen molar-refractivity contribution >= 4 is 11.0 Å². The zero-order valence-electron chi connectivity index (χ0n) is 7.23. The average molecular weight is 161 g/mol. The molecule has 0 atom stereocenters. The molecule has 0 saturated carbocycles. The Morgan fingerprint density at radius 3 is 3.00 bits per heavy atom. The van der Waals surface area contributed by atoms with E-state index in [2.05, 4.69) is 28.4 Å². The predicted molar refractivity (Wildman–Crippen MR) is 47.9 cm³/mol. The molecule has 0 spiro atoms. The fourth-order valence-corrected chi connectivity index (χ4v) is 1.29. The van der Waals surface area contributed by atoms with Gasteiger partial charge in [-0.15, -0.1) is 0 Å². The number of rotatable bonds is 1. The van der Waals surface area contributed by atoms with Crippen LogP contribution in [0.5, 0.6) is 0 Å². The van der Waals surface area contributed by atoms with E-state index in [0.29, 0.717) is 6.04 Å². The van der Waals surface area contributed by atoms with Crippen molar-refractivity contribution in [2.75, 3.05) is 0 Å². The molecule has 62 valence electrons. The van der Waals surface area contributed by atoms with Crippen LogP contribution in [0.15, 0.2) is 24.8 Å². The van der Waals surface area contributed by atoms with Gasteiger partial charge < -0.3 is 4.57 Å². The summed E-state index contributed by atoms with van der Waals surface area (Å²) >= 11 is 0. The van der Waals surface area contributed by atoms with Gasteiger partial charge >= 0.3 is 0 Å². The van der Waals surface area contributed by atoms with Gasteiger partial charge in [0.15, 0.2) is 0 Å². The second kappa shape index (κ2) is 2.59. The zero-order valence-corrected chi connectivity index (χ0v) is 7.23. The van der Waals surface area contributed by atoms with Crippen LogP contribution in [0, 0.1) is 0 Å². The second-order valence-electron chi connectivity index (χ2n) is 3.11. The number of imidazole rings is 1. The molecule has 0 radical (unpaired) electrons. The molecule has 12 heavy (non-hydrogen) atoms. The lowest BCUT2D eigenvalue weighted by molar-refractivity contribution is 0.617. The molecule has 0 aliphatic rings. The fraction of sp³-hybridized carbons (Fsp3) is 0.333. The summed E-state index contributed by atoms with van der Waals surface area (Å²) in [6.45, 7) is 4.28. The number of hydrogen-bond donors (Lipinski definition) is 0. The van der Waals surface area contributed by atoms with Crippen molar-refractivity contribution in [3.63, 3.8) is 0 Å². The maximum atomic E-state index is 4.24. The van der Waals surface area contributed by atoms with Crippen molar-refractivity contribution in [2.45, 2.75) is 19.9 Å². The Bertz CT molecular complexity index is 389. The van der Waals surface area contributed by atoms with E-state index in [0.717, 1.165) is 11.0 Å². The number of pyridine rings is 1. The van der Waals surface area contributed by atoms with Gasteiger partial charge in [-0.05, 0) is 19.9 Å². The van der Waals surface area contributed by atoms with Crippen LogP contribution >= 0.6 is 0 Å². The highest BCUT2D eigenvalue weighted by atomic mass is 15.1. The summed E-state index contributed by atoms with van der Waals surface area (Å²) in [5, 5.41) is 0. The van der Waals surface area contributed by atoms with E-state index < -0.39 is 0 Å². The van der Waals surface area contributed by atoms with Crippen LogP contribution in [-0.2, 0) is 0 Å². The Morgan fingerprint density at radius 1 is 1.42 bits per heavy atom. The molecular weight excluding hydrogens is 150 g/mol. The Hall–Kier alpha value is -1.38. The molecule has 2 heterocycles. The van der Waals surface area contributed by atoms with Crippen molar-refractivity contribution in [1.29, 1.82) is 0 Å². The van der Waals surface area contributed by atoms with Crippen molar-refractivity contribution in [3.8, 4) is 0 Å². The third kappa shape index (κ3) is 0.978. The Kier molecular flexibility index (Phi) is 1.57. The lowest BCUT2D eigenvalue weighted by Crippen LogP contribution is -1.97. The summed E-state index contributed by atoms with van der Waals surface area (Å²) in [7, 11) is 0. The molecule has 0 aliphatic heterocycles. The van der Waals surface area contributed by atoms with Crippen molar-refractivity contribution in [1.82, 2.24) is 14.5 Å². The molecule has 0 N–H and O–H groups in total. The average Bonchev–Trinajstić information content (AvgIpc) is 2.47. The normalized spacial score (nSPS) is 11.2. The van der Waals surface area contributed by atoms with Crippen LogP contribution in [0.2, 0.25) is 0 Å². The van der Waals surface area contributed by atoms with Crippen molar-refractivity contribution < 1.29 is 0 Å². The molecule has 0 aliphatic carbocycles. The lowest BCUT2D eigenvalue weighted by atomic mass is 10.3. The summed E-state index contributed by atoms with van der Waals surface area (Å²) in [5.41, 5.74) is 2.12. The molecule has 0 bridgehead atoms. The van der Waals surface area contributed by atoms with Crippen LogP contribution in [0.25, 0.3) is 11.0 Å². The molecule has 3 nitrogen and oxygen atoms in total. The third-order valence-corrected chi connectivity index (χ3v) is 1.93. The first-order valence-corrected chi connectivity index (χ1v) is 4.05. The molecule has 2 aromatic heterocycles. The minimum atomic E-state index is 0.456. The summed E-state index contributed by atoms with van der Waals surface area (Å²) < 4.78 is 2.14. The highest BCUT2D eigenvalue weighted by molar-refractivity contribution is 5.73. The monoisotopic (exact) mass is 161 g/mol. The molecule has 0 amide bonds. The van der Waals surface area contributed by atoms with Gasteiger partial charge in [-0.2, -0.15) is 0 Å². The summed E-state index contributed by atoms with van der Waals surface area (Å²) in [6, 6.07) is 2.44. The first-order chi connectivity index (χ1) is 5.79. The van der Waals surface area contributed by atoms with Gasteiger partial charge in [0.1, 0.15) is 5.52 Å². The van der Waals surface area contributed by atoms with E-state index in [1.54, 1.807) is 12.4 Å². The maximum Gasteiger partial charge on any atom is 0.107 e. The lowest BCUT2D eigenvalue weighted by Gasteiger charge is -2.06. The second-order valence-corrected chi connectivity index (χ2v) is 3.11. The van der Waals surface area contributed by atoms with Crippen molar-refractivity contribution in [3.05, 3.63) is 24.8 Å². The number of aromatic nitrogens is 3. The largest absolute Gasteiger partial charge is 0.328 e. The summed E-state index contributed by atoms with van der Waals surface area (Å²) in [5.74, 6) is 0. The Morgan fingerprint density at radius 2 is 2.25 bits per heavy atom. The summed E-state index contributed by atoms with van der Waals surface area (Å²) in [6.07, 6.45) is 5.44. The molecule has 0 saturated heterocycles. The number of nitrogens with zero attached hydrogens (tertiary/aromatic N) is 3. The maximum absolute atomic E-state index is 4.24. The van der Waals surface area contributed by atoms with E-state index >= 15 is 0 Å². The van der Waals surface area contributed by atoms with E-state index in [-0.39, 0.29) is 0 Å². The Labute approximate surface area is 71.1 Å². The van der Waals surface area contributed by atoms with Gasteiger partial charge in [0.05, 0.1) is 18.0 Å². The van der Waals surface area contributed by atoms with Gasteiger partial charge in [0.2, 0.25) is 0 Å². The summed E-state index contributed by atoms with van der Waals surface area (Å²) in [4.78, 5) is 8.25. The van der Waals surface area contributed by atoms with Crippen LogP contribution in [-0.4, -0.2) is 14.5 Å². The molecular formula is C9H11N3. The standard InChI is InChI=1S/C9H11N3/c1-7(2)12-6-11-8-5-10-4-3-9(8)12/h3-7H,1-2H3. The molecule has 2 rings (SSSR count). The number of fused-ring (bicyclic) bond motifs is 1. The van der Waals surface area contributed by atoms with E-state index in [1.165, 1.54) is 0 Å². The van der Waals surface area contributed by atoms with Crippen molar-refractivity contribution in [2.24, 2.45) is 0 Å². The highest BCUT2D eigenvalue weighted by Crippen LogP contribution is 2.14. The highest BCUT2D eigenvalue weighted by Gasteiger charge is 2.03. The quantitative estimate of drug-likeness (QED) is 0.640. The van der Waals surface area contributed by atoms with E-state index in [1.807, 2.05) is 12.4 Å². The molecule has 0 fully saturated rings. The minimum absolute atomic E-state index is 0.456. The van der Waals surface area contributed by atoms with Gasteiger partial charge in [-0.1, -0.05) is 0 Å². The van der Waals surface area contributed by atoms with Crippen LogP contribution in [0.1, 0.15) is 19.9 Å². The predicted octanol–water partition coefficient (Wildman–Crippen LogP) is 2.01. The van der Waals surface area contributed by atoms with Gasteiger partial charge in [-0.25, -0.2) is 4.98 Å². The van der Waals surface area contributed by atoms with Gasteiger partial charge in [-0.3, -0.25) is 4.98 Å². The molecule has 2 aromatic rings. The smallest absolute Gasteiger partial charge is 0.107 e. The molecule has 0 unspecified atom stereocenters. The Balaban J connectivity index is 2.70. The van der Waals surface area contributed by atoms with Crippen LogP contribution in [0.3, 0.4) is 0 Å². The first kappa shape index (κ1) is 7.28. The SMILES string of the molecule is CC(C)n1cnc2cnccc21. The fourth-order valence-electron chi connectivity index (χ4n) is 1.29. The molecule has 0 aromatic carbocycles. The zero-order chi connectivity index (χ0) is 8.55. The van der Waals surface area contributed by atoms with Gasteiger partial charge in [0, 0.05) is 12.2 Å². The molecule has 3 heteroatoms. The minimum Gasteiger partial charge on any atom is -0.328 e. The van der Waals surface area contributed by atoms with E-state index in [9.17, 15) is 0 Å². The van der Waals surface area contributed by atoms with Gasteiger partial charge in [0.25, 0.3) is 0 Å².